The lowest BCUT2D eigenvalue weighted by Crippen LogP contribution is -2.16. The zero-order valence-corrected chi connectivity index (χ0v) is 20.4. The van der Waals surface area contributed by atoms with E-state index >= 15 is 0 Å². The van der Waals surface area contributed by atoms with Crippen molar-refractivity contribution in [2.45, 2.75) is 27.0 Å². The van der Waals surface area contributed by atoms with Gasteiger partial charge in [-0.1, -0.05) is 41.9 Å². The van der Waals surface area contributed by atoms with Crippen LogP contribution in [0.1, 0.15) is 38.8 Å². The van der Waals surface area contributed by atoms with Crippen molar-refractivity contribution >= 4 is 23.7 Å². The van der Waals surface area contributed by atoms with Crippen LogP contribution in [-0.2, 0) is 13.2 Å². The van der Waals surface area contributed by atoms with Crippen molar-refractivity contribution in [3.63, 3.8) is 0 Å². The summed E-state index contributed by atoms with van der Waals surface area (Å²) in [7, 11) is 1.57. The first-order valence-corrected chi connectivity index (χ1v) is 11.3. The van der Waals surface area contributed by atoms with E-state index in [0.717, 1.165) is 22.5 Å². The summed E-state index contributed by atoms with van der Waals surface area (Å²) >= 11 is 6.19. The Kier molecular flexibility index (Phi) is 7.52. The number of hydrazone groups is 1. The molecule has 2 aromatic carbocycles. The molecule has 0 atom stereocenters. The highest BCUT2D eigenvalue weighted by Gasteiger charge is 2.14. The standard InChI is InChI=1S/C26H25ClN4O4/c1-17-25(27)18(2)31(30-17)15-21-10-12-23(35-21)26(32)29-28-14-20-9-11-22(24(13-20)33-3)34-16-19-7-5-4-6-8-19/h4-14H,15-16H2,1-3H3,(H,29,32)/b28-14+. The lowest BCUT2D eigenvalue weighted by Gasteiger charge is -2.11. The van der Waals surface area contributed by atoms with Crippen LogP contribution in [0.3, 0.4) is 0 Å². The van der Waals surface area contributed by atoms with Crippen molar-refractivity contribution in [2.75, 3.05) is 7.11 Å². The number of nitrogens with one attached hydrogen (secondary N) is 1. The number of aromatic nitrogens is 2. The molecule has 0 saturated heterocycles. The van der Waals surface area contributed by atoms with Gasteiger partial charge in [-0.3, -0.25) is 9.48 Å². The Hall–Kier alpha value is -4.04. The van der Waals surface area contributed by atoms with E-state index < -0.39 is 5.91 Å². The number of benzene rings is 2. The smallest absolute Gasteiger partial charge is 0.307 e. The van der Waals surface area contributed by atoms with Crippen LogP contribution in [-0.4, -0.2) is 29.0 Å². The number of halogens is 1. The lowest BCUT2D eigenvalue weighted by atomic mass is 10.2. The monoisotopic (exact) mass is 492 g/mol. The van der Waals surface area contributed by atoms with Crippen LogP contribution in [0.4, 0.5) is 0 Å². The van der Waals surface area contributed by atoms with Crippen LogP contribution >= 0.6 is 11.6 Å². The second-order valence-corrected chi connectivity index (χ2v) is 8.17. The van der Waals surface area contributed by atoms with Gasteiger partial charge in [0.15, 0.2) is 17.3 Å². The van der Waals surface area contributed by atoms with Gasteiger partial charge in [0.25, 0.3) is 0 Å². The van der Waals surface area contributed by atoms with Gasteiger partial charge < -0.3 is 13.9 Å². The molecule has 2 aromatic heterocycles. The number of hydrogen-bond donors (Lipinski definition) is 1. The second kappa shape index (κ2) is 10.9. The minimum atomic E-state index is -0.464. The number of rotatable bonds is 9. The molecule has 0 aliphatic rings. The van der Waals surface area contributed by atoms with E-state index in [1.54, 1.807) is 36.1 Å². The zero-order valence-electron chi connectivity index (χ0n) is 19.6. The van der Waals surface area contributed by atoms with Gasteiger partial charge in [0.2, 0.25) is 0 Å². The molecule has 0 unspecified atom stereocenters. The third-order valence-corrected chi connectivity index (χ3v) is 5.84. The minimum Gasteiger partial charge on any atom is -0.493 e. The van der Waals surface area contributed by atoms with E-state index in [1.165, 1.54) is 6.21 Å². The number of methoxy groups -OCH3 is 1. The zero-order chi connectivity index (χ0) is 24.8. The fourth-order valence-corrected chi connectivity index (χ4v) is 3.54. The maximum atomic E-state index is 12.4. The van der Waals surface area contributed by atoms with Gasteiger partial charge in [0, 0.05) is 0 Å². The van der Waals surface area contributed by atoms with E-state index in [1.807, 2.05) is 50.2 Å². The second-order valence-electron chi connectivity index (χ2n) is 7.79. The van der Waals surface area contributed by atoms with Crippen LogP contribution < -0.4 is 14.9 Å². The summed E-state index contributed by atoms with van der Waals surface area (Å²) in [6.45, 7) is 4.52. The van der Waals surface area contributed by atoms with Crippen LogP contribution in [0, 0.1) is 13.8 Å². The van der Waals surface area contributed by atoms with Crippen molar-refractivity contribution in [2.24, 2.45) is 5.10 Å². The van der Waals surface area contributed by atoms with Crippen LogP contribution in [0.5, 0.6) is 11.5 Å². The van der Waals surface area contributed by atoms with E-state index in [2.05, 4.69) is 15.6 Å². The first-order valence-electron chi connectivity index (χ1n) is 10.9. The Morgan fingerprint density at radius 2 is 1.94 bits per heavy atom. The van der Waals surface area contributed by atoms with Gasteiger partial charge in [0.1, 0.15) is 12.4 Å². The molecule has 2 heterocycles. The van der Waals surface area contributed by atoms with Crippen LogP contribution in [0.15, 0.2) is 70.2 Å². The van der Waals surface area contributed by atoms with Crippen molar-refractivity contribution in [1.29, 1.82) is 0 Å². The van der Waals surface area contributed by atoms with Gasteiger partial charge in [-0.2, -0.15) is 10.2 Å². The Balaban J connectivity index is 1.34. The Labute approximate surface area is 208 Å². The molecule has 0 fully saturated rings. The van der Waals surface area contributed by atoms with Crippen LogP contribution in [0.2, 0.25) is 5.02 Å². The predicted octanol–water partition coefficient (Wildman–Crippen LogP) is 5.15. The summed E-state index contributed by atoms with van der Waals surface area (Å²) in [5, 5.41) is 9.02. The molecule has 4 rings (SSSR count). The third-order valence-electron chi connectivity index (χ3n) is 5.29. The first-order chi connectivity index (χ1) is 16.9. The highest BCUT2D eigenvalue weighted by Crippen LogP contribution is 2.28. The third kappa shape index (κ3) is 5.91. The summed E-state index contributed by atoms with van der Waals surface area (Å²) in [4.78, 5) is 12.4. The predicted molar refractivity (Wildman–Crippen MR) is 133 cm³/mol. The number of hydrogen-bond acceptors (Lipinski definition) is 6. The number of carbonyl (C=O) groups is 1. The van der Waals surface area contributed by atoms with Gasteiger partial charge in [-0.25, -0.2) is 5.43 Å². The largest absolute Gasteiger partial charge is 0.493 e. The molecule has 0 aliphatic heterocycles. The van der Waals surface area contributed by atoms with Crippen molar-refractivity contribution in [3.8, 4) is 11.5 Å². The Morgan fingerprint density at radius 1 is 1.14 bits per heavy atom. The lowest BCUT2D eigenvalue weighted by molar-refractivity contribution is 0.0925. The first kappa shape index (κ1) is 24.1. The number of carbonyl (C=O) groups excluding carboxylic acids is 1. The van der Waals surface area contributed by atoms with E-state index in [9.17, 15) is 4.79 Å². The molecule has 1 amide bonds. The number of furan rings is 1. The van der Waals surface area contributed by atoms with E-state index in [0.29, 0.717) is 35.4 Å². The molecule has 9 heteroatoms. The molecule has 4 aromatic rings. The summed E-state index contributed by atoms with van der Waals surface area (Å²) in [5.41, 5.74) is 5.84. The molecule has 180 valence electrons. The molecule has 0 radical (unpaired) electrons. The molecule has 0 bridgehead atoms. The average Bonchev–Trinajstić information content (AvgIpc) is 3.44. The van der Waals surface area contributed by atoms with Gasteiger partial charge in [-0.15, -0.1) is 0 Å². The normalized spacial score (nSPS) is 11.1. The molecule has 35 heavy (non-hydrogen) atoms. The van der Waals surface area contributed by atoms with Gasteiger partial charge in [-0.05, 0) is 55.3 Å². The Bertz CT molecular complexity index is 1340. The quantitative estimate of drug-likeness (QED) is 0.258. The molecule has 0 saturated carbocycles. The van der Waals surface area contributed by atoms with E-state index in [4.69, 9.17) is 25.5 Å². The SMILES string of the molecule is COc1cc(/C=N/NC(=O)c2ccc(Cn3nc(C)c(Cl)c3C)o2)ccc1OCc1ccccc1. The Morgan fingerprint density at radius 3 is 2.66 bits per heavy atom. The fraction of sp³-hybridized carbons (Fsp3) is 0.192. The topological polar surface area (TPSA) is 90.9 Å². The molecular formula is C26H25ClN4O4. The summed E-state index contributed by atoms with van der Waals surface area (Å²) in [5.74, 6) is 1.44. The number of amides is 1. The average molecular weight is 493 g/mol. The van der Waals surface area contributed by atoms with Gasteiger partial charge in [0.05, 0.1) is 36.3 Å². The fourth-order valence-electron chi connectivity index (χ4n) is 3.40. The molecule has 8 nitrogen and oxygen atoms in total. The summed E-state index contributed by atoms with van der Waals surface area (Å²) in [6.07, 6.45) is 1.52. The van der Waals surface area contributed by atoms with Crippen molar-refractivity contribution in [1.82, 2.24) is 15.2 Å². The molecule has 0 aliphatic carbocycles. The molecule has 0 spiro atoms. The molecular weight excluding hydrogens is 468 g/mol. The van der Waals surface area contributed by atoms with Crippen molar-refractivity contribution < 1.29 is 18.7 Å². The maximum absolute atomic E-state index is 12.4. The number of nitrogens with zero attached hydrogens (tertiary/aromatic N) is 3. The highest BCUT2D eigenvalue weighted by molar-refractivity contribution is 6.31. The van der Waals surface area contributed by atoms with Crippen molar-refractivity contribution in [3.05, 3.63) is 99.7 Å². The molecule has 1 N–H and O–H groups in total. The minimum absolute atomic E-state index is 0.145. The van der Waals surface area contributed by atoms with Gasteiger partial charge >= 0.3 is 5.91 Å². The maximum Gasteiger partial charge on any atom is 0.307 e. The van der Waals surface area contributed by atoms with Crippen LogP contribution in [0.25, 0.3) is 0 Å². The number of ether oxygens (including phenoxy) is 2. The summed E-state index contributed by atoms with van der Waals surface area (Å²) < 4.78 is 18.7. The van der Waals surface area contributed by atoms with E-state index in [-0.39, 0.29) is 5.76 Å². The highest BCUT2D eigenvalue weighted by atomic mass is 35.5. The summed E-state index contributed by atoms with van der Waals surface area (Å²) in [6, 6.07) is 18.6. The number of aryl methyl sites for hydroxylation is 1.